The maximum Gasteiger partial charge on any atom is 0.324 e. The van der Waals surface area contributed by atoms with Gasteiger partial charge in [-0.25, -0.2) is 0 Å². The number of hydrogen-bond donors (Lipinski definition) is 0. The minimum absolute atomic E-state index is 0.00598. The average molecular weight is 493 g/mol. The molecule has 3 heterocycles. The van der Waals surface area contributed by atoms with Crippen molar-refractivity contribution in [3.05, 3.63) is 54.1 Å². The van der Waals surface area contributed by atoms with Crippen molar-refractivity contribution < 1.29 is 23.5 Å². The molecular weight excluding hydrogens is 460 g/mol. The first-order valence-corrected chi connectivity index (χ1v) is 12.5. The number of rotatable bonds is 7. The van der Waals surface area contributed by atoms with Crippen LogP contribution in [0.5, 0.6) is 11.5 Å². The molecule has 0 aliphatic carbocycles. The van der Waals surface area contributed by atoms with Crippen LogP contribution in [0.15, 0.2) is 53.1 Å². The molecule has 2 aromatic carbocycles. The van der Waals surface area contributed by atoms with E-state index in [1.54, 1.807) is 7.11 Å². The molecule has 9 nitrogen and oxygen atoms in total. The van der Waals surface area contributed by atoms with Crippen LogP contribution in [0.25, 0.3) is 11.4 Å². The van der Waals surface area contributed by atoms with Crippen molar-refractivity contribution in [1.29, 1.82) is 0 Å². The predicted molar refractivity (Wildman–Crippen MR) is 134 cm³/mol. The molecule has 1 amide bonds. The van der Waals surface area contributed by atoms with Crippen molar-refractivity contribution in [2.45, 2.75) is 25.9 Å². The third-order valence-electron chi connectivity index (χ3n) is 6.80. The number of ether oxygens (including phenoxy) is 3. The van der Waals surface area contributed by atoms with Crippen LogP contribution < -0.4 is 14.4 Å². The van der Waals surface area contributed by atoms with Gasteiger partial charge in [0.05, 0.1) is 26.9 Å². The van der Waals surface area contributed by atoms with Gasteiger partial charge in [0.2, 0.25) is 11.7 Å². The zero-order valence-electron chi connectivity index (χ0n) is 20.8. The van der Waals surface area contributed by atoms with Gasteiger partial charge in [0.15, 0.2) is 11.5 Å². The third kappa shape index (κ3) is 5.16. The van der Waals surface area contributed by atoms with Crippen LogP contribution in [0, 0.1) is 5.92 Å². The number of methoxy groups -OCH3 is 1. The van der Waals surface area contributed by atoms with E-state index >= 15 is 0 Å². The van der Waals surface area contributed by atoms with Gasteiger partial charge >= 0.3 is 6.01 Å². The topological polar surface area (TPSA) is 90.2 Å². The standard InChI is InChI=1S/C27H32N4O5/c1-3-34-22-10-9-21(17-23(22)33-2)25-28-27(36-29-25)30-13-11-20(12-14-30)26(32)31-15-16-35-24(18-31)19-7-5-4-6-8-19/h4-10,17,20,24H,3,11-16,18H2,1-2H3/t24-/m0/s1. The molecule has 9 heteroatoms. The van der Waals surface area contributed by atoms with Crippen molar-refractivity contribution in [3.63, 3.8) is 0 Å². The highest BCUT2D eigenvalue weighted by Crippen LogP contribution is 2.33. The normalized spacial score (nSPS) is 18.8. The molecule has 0 N–H and O–H groups in total. The van der Waals surface area contributed by atoms with E-state index in [-0.39, 0.29) is 17.9 Å². The van der Waals surface area contributed by atoms with Crippen LogP contribution in [-0.2, 0) is 9.53 Å². The largest absolute Gasteiger partial charge is 0.493 e. The Kier molecular flexibility index (Phi) is 7.36. The van der Waals surface area contributed by atoms with E-state index < -0.39 is 0 Å². The van der Waals surface area contributed by atoms with Crippen LogP contribution >= 0.6 is 0 Å². The fraction of sp³-hybridized carbons (Fsp3) is 0.444. The molecule has 2 aliphatic rings. The van der Waals surface area contributed by atoms with Gasteiger partial charge in [-0.05, 0) is 43.5 Å². The molecule has 2 saturated heterocycles. The van der Waals surface area contributed by atoms with E-state index in [0.717, 1.165) is 24.0 Å². The number of carbonyl (C=O) groups excluding carboxylic acids is 1. The summed E-state index contributed by atoms with van der Waals surface area (Å²) in [6.07, 6.45) is 1.43. The Morgan fingerprint density at radius 3 is 2.64 bits per heavy atom. The first-order chi connectivity index (χ1) is 17.7. The SMILES string of the molecule is CCOc1ccc(-c2noc(N3CCC(C(=O)N4CCO[C@H](c5ccccc5)C4)CC3)n2)cc1OC. The summed E-state index contributed by atoms with van der Waals surface area (Å²) >= 11 is 0. The summed E-state index contributed by atoms with van der Waals surface area (Å²) in [5.41, 5.74) is 1.90. The molecule has 5 rings (SSSR count). The molecule has 3 aromatic rings. The molecule has 190 valence electrons. The van der Waals surface area contributed by atoms with E-state index in [1.165, 1.54) is 0 Å². The number of anilines is 1. The average Bonchev–Trinajstić information content (AvgIpc) is 3.44. The Morgan fingerprint density at radius 2 is 1.89 bits per heavy atom. The molecule has 2 fully saturated rings. The van der Waals surface area contributed by atoms with Gasteiger partial charge in [-0.15, -0.1) is 0 Å². The highest BCUT2D eigenvalue weighted by atomic mass is 16.5. The lowest BCUT2D eigenvalue weighted by atomic mass is 9.95. The van der Waals surface area contributed by atoms with Gasteiger partial charge in [-0.2, -0.15) is 4.98 Å². The Hall–Kier alpha value is -3.59. The maximum absolute atomic E-state index is 13.3. The molecule has 2 aliphatic heterocycles. The van der Waals surface area contributed by atoms with Crippen molar-refractivity contribution in [2.24, 2.45) is 5.92 Å². The van der Waals surface area contributed by atoms with Gasteiger partial charge in [0.25, 0.3) is 0 Å². The van der Waals surface area contributed by atoms with Crippen molar-refractivity contribution in [1.82, 2.24) is 15.0 Å². The number of hydrogen-bond acceptors (Lipinski definition) is 8. The van der Waals surface area contributed by atoms with Crippen molar-refractivity contribution in [3.8, 4) is 22.9 Å². The molecule has 0 unspecified atom stereocenters. The fourth-order valence-corrected chi connectivity index (χ4v) is 4.84. The molecule has 1 aromatic heterocycles. The monoisotopic (exact) mass is 492 g/mol. The van der Waals surface area contributed by atoms with E-state index in [2.05, 4.69) is 27.2 Å². The van der Waals surface area contributed by atoms with Crippen molar-refractivity contribution >= 4 is 11.9 Å². The second-order valence-electron chi connectivity index (χ2n) is 9.01. The Balaban J connectivity index is 1.18. The summed E-state index contributed by atoms with van der Waals surface area (Å²) in [5, 5.41) is 4.16. The molecule has 0 radical (unpaired) electrons. The lowest BCUT2D eigenvalue weighted by molar-refractivity contribution is -0.144. The van der Waals surface area contributed by atoms with Crippen LogP contribution in [-0.4, -0.2) is 67.5 Å². The Labute approximate surface area is 210 Å². The summed E-state index contributed by atoms with van der Waals surface area (Å²) in [4.78, 5) is 21.9. The van der Waals surface area contributed by atoms with E-state index in [1.807, 2.05) is 48.2 Å². The third-order valence-corrected chi connectivity index (χ3v) is 6.80. The molecule has 1 atom stereocenters. The Bertz CT molecular complexity index is 1160. The number of nitrogens with zero attached hydrogens (tertiary/aromatic N) is 4. The molecule has 0 bridgehead atoms. The maximum atomic E-state index is 13.3. The second-order valence-corrected chi connectivity index (χ2v) is 9.01. The molecule has 36 heavy (non-hydrogen) atoms. The predicted octanol–water partition coefficient (Wildman–Crippen LogP) is 3.96. The van der Waals surface area contributed by atoms with Crippen LogP contribution in [0.2, 0.25) is 0 Å². The zero-order valence-corrected chi connectivity index (χ0v) is 20.8. The van der Waals surface area contributed by atoms with Gasteiger partial charge in [-0.3, -0.25) is 4.79 Å². The van der Waals surface area contributed by atoms with Gasteiger partial charge in [0, 0.05) is 31.1 Å². The number of aromatic nitrogens is 2. The van der Waals surface area contributed by atoms with Gasteiger partial charge < -0.3 is 28.5 Å². The number of carbonyl (C=O) groups is 1. The van der Waals surface area contributed by atoms with E-state index in [4.69, 9.17) is 18.7 Å². The Morgan fingerprint density at radius 1 is 1.08 bits per heavy atom. The summed E-state index contributed by atoms with van der Waals surface area (Å²) in [7, 11) is 1.60. The molecular formula is C27H32N4O5. The van der Waals surface area contributed by atoms with E-state index in [9.17, 15) is 4.79 Å². The highest BCUT2D eigenvalue weighted by Gasteiger charge is 2.33. The van der Waals surface area contributed by atoms with Gasteiger partial charge in [-0.1, -0.05) is 35.5 Å². The van der Waals surface area contributed by atoms with Crippen molar-refractivity contribution in [2.75, 3.05) is 51.4 Å². The van der Waals surface area contributed by atoms with Crippen LogP contribution in [0.3, 0.4) is 0 Å². The second kappa shape index (κ2) is 11.0. The zero-order chi connectivity index (χ0) is 24.9. The fourth-order valence-electron chi connectivity index (χ4n) is 4.84. The van der Waals surface area contributed by atoms with Gasteiger partial charge in [0.1, 0.15) is 6.10 Å². The number of piperidine rings is 1. The lowest BCUT2D eigenvalue weighted by Gasteiger charge is -2.37. The molecule has 0 spiro atoms. The summed E-state index contributed by atoms with van der Waals surface area (Å²) in [6, 6.07) is 16.2. The lowest BCUT2D eigenvalue weighted by Crippen LogP contribution is -2.47. The summed E-state index contributed by atoms with van der Waals surface area (Å²) in [6.45, 7) is 5.67. The first-order valence-electron chi connectivity index (χ1n) is 12.5. The highest BCUT2D eigenvalue weighted by molar-refractivity contribution is 5.79. The number of amides is 1. The molecule has 0 saturated carbocycles. The number of morpholine rings is 1. The van der Waals surface area contributed by atoms with Crippen LogP contribution in [0.4, 0.5) is 6.01 Å². The quantitative estimate of drug-likeness (QED) is 0.490. The minimum atomic E-state index is -0.0676. The minimum Gasteiger partial charge on any atom is -0.493 e. The van der Waals surface area contributed by atoms with Crippen LogP contribution in [0.1, 0.15) is 31.4 Å². The summed E-state index contributed by atoms with van der Waals surface area (Å²) in [5.74, 6) is 2.00. The first kappa shape index (κ1) is 24.1. The number of benzene rings is 2. The van der Waals surface area contributed by atoms with E-state index in [0.29, 0.717) is 62.7 Å². The smallest absolute Gasteiger partial charge is 0.324 e. The summed E-state index contributed by atoms with van der Waals surface area (Å²) < 4.78 is 22.5.